The first-order valence-electron chi connectivity index (χ1n) is 5.20. The number of benzene rings is 1. The van der Waals surface area contributed by atoms with Crippen molar-refractivity contribution >= 4 is 5.97 Å². The van der Waals surface area contributed by atoms with Gasteiger partial charge in [0.25, 0.3) is 0 Å². The van der Waals surface area contributed by atoms with Crippen LogP contribution < -0.4 is 5.32 Å². The molecule has 0 saturated heterocycles. The highest BCUT2D eigenvalue weighted by atomic mass is 16.5. The highest BCUT2D eigenvalue weighted by Crippen LogP contribution is 2.17. The summed E-state index contributed by atoms with van der Waals surface area (Å²) in [6.45, 7) is 5.45. The summed E-state index contributed by atoms with van der Waals surface area (Å²) in [6.07, 6.45) is -0.0659. The molecule has 0 unspecified atom stereocenters. The van der Waals surface area contributed by atoms with Gasteiger partial charge in [0.05, 0.1) is 11.7 Å². The Morgan fingerprint density at radius 2 is 2.07 bits per heavy atom. The van der Waals surface area contributed by atoms with Crippen molar-refractivity contribution in [2.24, 2.45) is 0 Å². The van der Waals surface area contributed by atoms with Crippen molar-refractivity contribution in [2.75, 3.05) is 0 Å². The lowest BCUT2D eigenvalue weighted by atomic mass is 10.1. The molecule has 1 heterocycles. The lowest BCUT2D eigenvalue weighted by Gasteiger charge is -2.08. The quantitative estimate of drug-likeness (QED) is 0.749. The third-order valence-corrected chi connectivity index (χ3v) is 2.42. The molecule has 1 aliphatic heterocycles. The van der Waals surface area contributed by atoms with Crippen molar-refractivity contribution < 1.29 is 9.53 Å². The smallest absolute Gasteiger partial charge is 0.338 e. The van der Waals surface area contributed by atoms with Gasteiger partial charge in [-0.2, -0.15) is 0 Å². The summed E-state index contributed by atoms with van der Waals surface area (Å²) in [5.41, 5.74) is 3.12. The lowest BCUT2D eigenvalue weighted by molar-refractivity contribution is 0.0378. The fourth-order valence-electron chi connectivity index (χ4n) is 1.70. The number of hydrogen-bond acceptors (Lipinski definition) is 3. The summed E-state index contributed by atoms with van der Waals surface area (Å²) in [6, 6.07) is 5.74. The van der Waals surface area contributed by atoms with Gasteiger partial charge in [-0.05, 0) is 37.1 Å². The van der Waals surface area contributed by atoms with E-state index in [9.17, 15) is 4.79 Å². The van der Waals surface area contributed by atoms with E-state index in [-0.39, 0.29) is 12.1 Å². The number of esters is 1. The number of carbonyl (C=O) groups excluding carboxylic acids is 1. The molecule has 3 heteroatoms. The van der Waals surface area contributed by atoms with Crippen molar-refractivity contribution in [3.8, 4) is 0 Å². The van der Waals surface area contributed by atoms with Gasteiger partial charge < -0.3 is 10.1 Å². The largest absolute Gasteiger partial charge is 0.459 e. The number of ether oxygens (including phenoxy) is 1. The van der Waals surface area contributed by atoms with Gasteiger partial charge in [-0.3, -0.25) is 0 Å². The van der Waals surface area contributed by atoms with E-state index in [4.69, 9.17) is 4.74 Å². The van der Waals surface area contributed by atoms with E-state index in [2.05, 4.69) is 5.32 Å². The van der Waals surface area contributed by atoms with E-state index in [0.29, 0.717) is 5.56 Å². The van der Waals surface area contributed by atoms with Crippen LogP contribution in [0, 0.1) is 0 Å². The molecule has 0 bridgehead atoms. The molecule has 0 radical (unpaired) electrons. The molecule has 0 fully saturated rings. The highest BCUT2D eigenvalue weighted by Gasteiger charge is 2.14. The molecule has 1 aromatic carbocycles. The van der Waals surface area contributed by atoms with Crippen molar-refractivity contribution in [3.05, 3.63) is 34.9 Å². The molecule has 2 rings (SSSR count). The summed E-state index contributed by atoms with van der Waals surface area (Å²) in [5, 5.41) is 3.24. The van der Waals surface area contributed by atoms with Crippen LogP contribution in [0.1, 0.15) is 35.3 Å². The molecule has 0 amide bonds. The third kappa shape index (κ3) is 2.18. The Hall–Kier alpha value is -1.35. The molecular weight excluding hydrogens is 190 g/mol. The average Bonchev–Trinajstić information content (AvgIpc) is 2.62. The average molecular weight is 205 g/mol. The molecule has 1 N–H and O–H groups in total. The summed E-state index contributed by atoms with van der Waals surface area (Å²) < 4.78 is 5.14. The minimum atomic E-state index is -0.236. The minimum absolute atomic E-state index is 0.0659. The zero-order chi connectivity index (χ0) is 10.8. The Bertz CT molecular complexity index is 385. The van der Waals surface area contributed by atoms with Gasteiger partial charge in [0.2, 0.25) is 0 Å². The fraction of sp³-hybridized carbons (Fsp3) is 0.417. The molecule has 1 aliphatic rings. The molecule has 0 spiro atoms. The predicted octanol–water partition coefficient (Wildman–Crippen LogP) is 1.85. The van der Waals surface area contributed by atoms with E-state index in [1.807, 2.05) is 32.0 Å². The van der Waals surface area contributed by atoms with Gasteiger partial charge in [0.1, 0.15) is 0 Å². The van der Waals surface area contributed by atoms with Gasteiger partial charge in [0.15, 0.2) is 0 Å². The van der Waals surface area contributed by atoms with Crippen LogP contribution in [0.15, 0.2) is 18.2 Å². The van der Waals surface area contributed by atoms with Crippen LogP contribution in [-0.2, 0) is 17.8 Å². The molecule has 1 aromatic rings. The molecule has 80 valence electrons. The Labute approximate surface area is 89.4 Å². The summed E-state index contributed by atoms with van der Waals surface area (Å²) in [5.74, 6) is -0.236. The van der Waals surface area contributed by atoms with E-state index < -0.39 is 0 Å². The van der Waals surface area contributed by atoms with Crippen LogP contribution in [0.3, 0.4) is 0 Å². The first-order chi connectivity index (χ1) is 7.16. The highest BCUT2D eigenvalue weighted by molar-refractivity contribution is 5.89. The normalized spacial score (nSPS) is 14.1. The first-order valence-corrected chi connectivity index (χ1v) is 5.20. The fourth-order valence-corrected chi connectivity index (χ4v) is 1.70. The van der Waals surface area contributed by atoms with Crippen LogP contribution in [-0.4, -0.2) is 12.1 Å². The van der Waals surface area contributed by atoms with Gasteiger partial charge in [-0.25, -0.2) is 4.79 Å². The maximum atomic E-state index is 11.6. The maximum absolute atomic E-state index is 11.6. The molecule has 15 heavy (non-hydrogen) atoms. The van der Waals surface area contributed by atoms with Crippen molar-refractivity contribution in [3.63, 3.8) is 0 Å². The number of nitrogens with one attached hydrogen (secondary N) is 1. The van der Waals surface area contributed by atoms with Crippen molar-refractivity contribution in [1.82, 2.24) is 5.32 Å². The Kier molecular flexibility index (Phi) is 2.73. The Balaban J connectivity index is 2.19. The molecule has 3 nitrogen and oxygen atoms in total. The third-order valence-electron chi connectivity index (χ3n) is 2.42. The second-order valence-corrected chi connectivity index (χ2v) is 4.04. The predicted molar refractivity (Wildman–Crippen MR) is 57.5 cm³/mol. The Morgan fingerprint density at radius 1 is 1.33 bits per heavy atom. The zero-order valence-electron chi connectivity index (χ0n) is 9.04. The number of rotatable bonds is 2. The van der Waals surface area contributed by atoms with Crippen LogP contribution in [0.5, 0.6) is 0 Å². The van der Waals surface area contributed by atoms with E-state index >= 15 is 0 Å². The number of carbonyl (C=O) groups is 1. The van der Waals surface area contributed by atoms with Crippen molar-refractivity contribution in [2.45, 2.75) is 33.0 Å². The summed E-state index contributed by atoms with van der Waals surface area (Å²) >= 11 is 0. The Morgan fingerprint density at radius 3 is 2.80 bits per heavy atom. The van der Waals surface area contributed by atoms with Crippen LogP contribution >= 0.6 is 0 Å². The summed E-state index contributed by atoms with van der Waals surface area (Å²) in [7, 11) is 0. The van der Waals surface area contributed by atoms with E-state index in [1.54, 1.807) is 0 Å². The topological polar surface area (TPSA) is 38.3 Å². The monoisotopic (exact) mass is 205 g/mol. The maximum Gasteiger partial charge on any atom is 0.338 e. The number of hydrogen-bond donors (Lipinski definition) is 1. The summed E-state index contributed by atoms with van der Waals surface area (Å²) in [4.78, 5) is 11.6. The first kappa shape index (κ1) is 10.2. The molecule has 0 atom stereocenters. The zero-order valence-corrected chi connectivity index (χ0v) is 9.04. The SMILES string of the molecule is CC(C)OC(=O)c1ccc2c(c1)CNC2. The van der Waals surface area contributed by atoms with Crippen molar-refractivity contribution in [1.29, 1.82) is 0 Å². The molecule has 0 aliphatic carbocycles. The molecule has 0 saturated carbocycles. The van der Waals surface area contributed by atoms with E-state index in [0.717, 1.165) is 13.1 Å². The second kappa shape index (κ2) is 4.03. The van der Waals surface area contributed by atoms with Gasteiger partial charge in [-0.15, -0.1) is 0 Å². The molecular formula is C12H15NO2. The standard InChI is InChI=1S/C12H15NO2/c1-8(2)15-12(14)9-3-4-10-6-13-7-11(10)5-9/h3-5,8,13H,6-7H2,1-2H3. The van der Waals surface area contributed by atoms with Crippen LogP contribution in [0.2, 0.25) is 0 Å². The van der Waals surface area contributed by atoms with E-state index in [1.165, 1.54) is 11.1 Å². The second-order valence-electron chi connectivity index (χ2n) is 4.04. The molecule has 0 aromatic heterocycles. The lowest BCUT2D eigenvalue weighted by Crippen LogP contribution is -2.11. The number of fused-ring (bicyclic) bond motifs is 1. The van der Waals surface area contributed by atoms with Crippen LogP contribution in [0.25, 0.3) is 0 Å². The van der Waals surface area contributed by atoms with Gasteiger partial charge >= 0.3 is 5.97 Å². The van der Waals surface area contributed by atoms with Crippen LogP contribution in [0.4, 0.5) is 0 Å². The minimum Gasteiger partial charge on any atom is -0.459 e. The van der Waals surface area contributed by atoms with Gasteiger partial charge in [-0.1, -0.05) is 6.07 Å². The van der Waals surface area contributed by atoms with Gasteiger partial charge in [0, 0.05) is 13.1 Å².